The Balaban J connectivity index is 1.45. The lowest BCUT2D eigenvalue weighted by Crippen LogP contribution is -2.28. The molecule has 9 nitrogen and oxygen atoms in total. The second-order valence-corrected chi connectivity index (χ2v) is 6.61. The standard InChI is InChI=1S/C20H17FN6O3/c21-15-4-1-13(2-5-15)11-26-12-24-18-16(20(26)30)10-25-27(18)8-7-22-19(29)14-3-6-17(28)23-9-14/h1-6,9-10,12H,7-8,11H2,(H,22,29)(H,23,28). The second-order valence-electron chi connectivity index (χ2n) is 6.61. The van der Waals surface area contributed by atoms with E-state index in [-0.39, 0.29) is 35.9 Å². The van der Waals surface area contributed by atoms with Crippen LogP contribution in [0.2, 0.25) is 0 Å². The summed E-state index contributed by atoms with van der Waals surface area (Å²) in [7, 11) is 0. The lowest BCUT2D eigenvalue weighted by atomic mass is 10.2. The molecule has 0 unspecified atom stereocenters. The van der Waals surface area contributed by atoms with E-state index < -0.39 is 0 Å². The van der Waals surface area contributed by atoms with Gasteiger partial charge in [0.1, 0.15) is 17.5 Å². The Labute approximate surface area is 168 Å². The number of H-pyrrole nitrogens is 1. The molecule has 0 aliphatic carbocycles. The smallest absolute Gasteiger partial charge is 0.264 e. The quantitative estimate of drug-likeness (QED) is 0.492. The fourth-order valence-corrected chi connectivity index (χ4v) is 2.99. The first-order valence-electron chi connectivity index (χ1n) is 9.13. The molecular formula is C20H17FN6O3. The molecule has 0 spiro atoms. The summed E-state index contributed by atoms with van der Waals surface area (Å²) >= 11 is 0. The molecule has 0 saturated heterocycles. The Morgan fingerprint density at radius 2 is 1.93 bits per heavy atom. The van der Waals surface area contributed by atoms with Crippen LogP contribution in [0, 0.1) is 5.82 Å². The van der Waals surface area contributed by atoms with Crippen LogP contribution in [0.5, 0.6) is 0 Å². The molecule has 4 rings (SSSR count). The van der Waals surface area contributed by atoms with Gasteiger partial charge in [-0.25, -0.2) is 14.1 Å². The highest BCUT2D eigenvalue weighted by molar-refractivity contribution is 5.93. The van der Waals surface area contributed by atoms with Gasteiger partial charge in [0.2, 0.25) is 5.56 Å². The van der Waals surface area contributed by atoms with Crippen molar-refractivity contribution in [1.29, 1.82) is 0 Å². The van der Waals surface area contributed by atoms with E-state index in [2.05, 4.69) is 20.4 Å². The van der Waals surface area contributed by atoms with Gasteiger partial charge >= 0.3 is 0 Å². The normalized spacial score (nSPS) is 11.0. The largest absolute Gasteiger partial charge is 0.350 e. The molecule has 30 heavy (non-hydrogen) atoms. The number of fused-ring (bicyclic) bond motifs is 1. The van der Waals surface area contributed by atoms with Crippen LogP contribution in [-0.4, -0.2) is 36.8 Å². The Morgan fingerprint density at radius 1 is 1.13 bits per heavy atom. The maximum atomic E-state index is 13.0. The Hall–Kier alpha value is -4.08. The van der Waals surface area contributed by atoms with Crippen molar-refractivity contribution in [3.05, 3.63) is 92.8 Å². The average Bonchev–Trinajstić information content (AvgIpc) is 3.16. The van der Waals surface area contributed by atoms with Crippen molar-refractivity contribution in [2.24, 2.45) is 0 Å². The minimum atomic E-state index is -0.339. The number of carbonyl (C=O) groups is 1. The van der Waals surface area contributed by atoms with Gasteiger partial charge in [-0.15, -0.1) is 0 Å². The Kier molecular flexibility index (Phi) is 5.21. The van der Waals surface area contributed by atoms with E-state index in [1.807, 2.05) is 0 Å². The van der Waals surface area contributed by atoms with Crippen molar-refractivity contribution >= 4 is 16.9 Å². The van der Waals surface area contributed by atoms with Crippen molar-refractivity contribution < 1.29 is 9.18 Å². The van der Waals surface area contributed by atoms with E-state index in [0.29, 0.717) is 23.1 Å². The molecule has 0 radical (unpaired) electrons. The molecule has 0 fully saturated rings. The van der Waals surface area contributed by atoms with Crippen molar-refractivity contribution in [2.75, 3.05) is 6.54 Å². The number of amides is 1. The highest BCUT2D eigenvalue weighted by Gasteiger charge is 2.11. The maximum absolute atomic E-state index is 13.0. The van der Waals surface area contributed by atoms with Crippen molar-refractivity contribution in [3.8, 4) is 0 Å². The molecule has 1 amide bonds. The summed E-state index contributed by atoms with van der Waals surface area (Å²) in [5.74, 6) is -0.675. The van der Waals surface area contributed by atoms with Gasteiger partial charge in [-0.3, -0.25) is 19.0 Å². The summed E-state index contributed by atoms with van der Waals surface area (Å²) in [5, 5.41) is 7.26. The summed E-state index contributed by atoms with van der Waals surface area (Å²) < 4.78 is 16.0. The fourth-order valence-electron chi connectivity index (χ4n) is 2.99. The molecule has 152 valence electrons. The van der Waals surface area contributed by atoms with Gasteiger partial charge in [-0.2, -0.15) is 5.10 Å². The number of hydrogen-bond donors (Lipinski definition) is 2. The van der Waals surface area contributed by atoms with E-state index >= 15 is 0 Å². The van der Waals surface area contributed by atoms with Crippen LogP contribution in [0.25, 0.3) is 11.0 Å². The van der Waals surface area contributed by atoms with Gasteiger partial charge in [-0.05, 0) is 23.8 Å². The van der Waals surface area contributed by atoms with Crippen LogP contribution in [0.3, 0.4) is 0 Å². The van der Waals surface area contributed by atoms with Gasteiger partial charge < -0.3 is 10.3 Å². The van der Waals surface area contributed by atoms with E-state index in [9.17, 15) is 18.8 Å². The third kappa shape index (κ3) is 4.02. The third-order valence-electron chi connectivity index (χ3n) is 4.54. The van der Waals surface area contributed by atoms with E-state index in [1.165, 1.54) is 52.2 Å². The molecule has 3 aromatic heterocycles. The van der Waals surface area contributed by atoms with E-state index in [1.54, 1.807) is 12.1 Å². The Bertz CT molecular complexity index is 1300. The molecule has 0 aliphatic heterocycles. The minimum Gasteiger partial charge on any atom is -0.350 e. The van der Waals surface area contributed by atoms with Gasteiger partial charge in [0.25, 0.3) is 11.5 Å². The first-order chi connectivity index (χ1) is 14.5. The van der Waals surface area contributed by atoms with Gasteiger partial charge in [0.15, 0.2) is 5.65 Å². The van der Waals surface area contributed by atoms with Gasteiger partial charge in [-0.1, -0.05) is 12.1 Å². The average molecular weight is 408 g/mol. The van der Waals surface area contributed by atoms with Gasteiger partial charge in [0, 0.05) is 18.8 Å². The fraction of sp³-hybridized carbons (Fsp3) is 0.150. The number of benzene rings is 1. The van der Waals surface area contributed by atoms with Crippen molar-refractivity contribution in [3.63, 3.8) is 0 Å². The monoisotopic (exact) mass is 408 g/mol. The molecule has 0 saturated carbocycles. The molecule has 0 aliphatic rings. The minimum absolute atomic E-state index is 0.257. The summed E-state index contributed by atoms with van der Waals surface area (Å²) in [4.78, 5) is 42.6. The number of aromatic nitrogens is 5. The number of nitrogens with zero attached hydrogens (tertiary/aromatic N) is 4. The molecular weight excluding hydrogens is 391 g/mol. The molecule has 3 heterocycles. The number of hydrogen-bond acceptors (Lipinski definition) is 5. The zero-order valence-corrected chi connectivity index (χ0v) is 15.7. The highest BCUT2D eigenvalue weighted by atomic mass is 19.1. The zero-order valence-electron chi connectivity index (χ0n) is 15.7. The van der Waals surface area contributed by atoms with Crippen LogP contribution < -0.4 is 16.4 Å². The van der Waals surface area contributed by atoms with Crippen LogP contribution in [0.1, 0.15) is 15.9 Å². The van der Waals surface area contributed by atoms with Crippen molar-refractivity contribution in [2.45, 2.75) is 13.1 Å². The first-order valence-corrected chi connectivity index (χ1v) is 9.13. The number of rotatable bonds is 6. The molecule has 2 N–H and O–H groups in total. The lowest BCUT2D eigenvalue weighted by Gasteiger charge is -2.07. The molecule has 0 atom stereocenters. The zero-order chi connectivity index (χ0) is 21.1. The summed E-state index contributed by atoms with van der Waals surface area (Å²) in [6.07, 6.45) is 4.20. The van der Waals surface area contributed by atoms with Crippen LogP contribution >= 0.6 is 0 Å². The SMILES string of the molecule is O=C(NCCn1ncc2c(=O)n(Cc3ccc(F)cc3)cnc21)c1ccc(=O)[nH]c1. The predicted molar refractivity (Wildman–Crippen MR) is 107 cm³/mol. The number of nitrogens with one attached hydrogen (secondary N) is 2. The summed E-state index contributed by atoms with van der Waals surface area (Å²) in [6, 6.07) is 8.61. The van der Waals surface area contributed by atoms with E-state index in [0.717, 1.165) is 5.56 Å². The molecule has 1 aromatic carbocycles. The topological polar surface area (TPSA) is 115 Å². The first kappa shape index (κ1) is 19.2. The maximum Gasteiger partial charge on any atom is 0.264 e. The third-order valence-corrected chi connectivity index (χ3v) is 4.54. The molecule has 10 heteroatoms. The van der Waals surface area contributed by atoms with Crippen LogP contribution in [-0.2, 0) is 13.1 Å². The second kappa shape index (κ2) is 8.11. The molecule has 4 aromatic rings. The highest BCUT2D eigenvalue weighted by Crippen LogP contribution is 2.08. The number of halogens is 1. The van der Waals surface area contributed by atoms with Crippen LogP contribution in [0.4, 0.5) is 4.39 Å². The summed E-state index contributed by atoms with van der Waals surface area (Å²) in [6.45, 7) is 0.838. The van der Waals surface area contributed by atoms with E-state index in [4.69, 9.17) is 0 Å². The van der Waals surface area contributed by atoms with Crippen LogP contribution in [0.15, 0.2) is 64.7 Å². The molecule has 0 bridgehead atoms. The number of carbonyl (C=O) groups excluding carboxylic acids is 1. The van der Waals surface area contributed by atoms with Gasteiger partial charge in [0.05, 0.1) is 24.8 Å². The van der Waals surface area contributed by atoms with Crippen molar-refractivity contribution in [1.82, 2.24) is 29.6 Å². The summed E-state index contributed by atoms with van der Waals surface area (Å²) in [5.41, 5.74) is 0.978. The number of pyridine rings is 1. The predicted octanol–water partition coefficient (Wildman–Crippen LogP) is 0.899. The Morgan fingerprint density at radius 3 is 2.67 bits per heavy atom. The lowest BCUT2D eigenvalue weighted by molar-refractivity contribution is 0.0951. The number of aromatic amines is 1.